The Morgan fingerprint density at radius 1 is 1.53 bits per heavy atom. The van der Waals surface area contributed by atoms with Gasteiger partial charge < -0.3 is 14.4 Å². The van der Waals surface area contributed by atoms with Gasteiger partial charge in [0.15, 0.2) is 0 Å². The lowest BCUT2D eigenvalue weighted by molar-refractivity contribution is 0.0237. The highest BCUT2D eigenvalue weighted by molar-refractivity contribution is 5.68. The zero-order valence-electron chi connectivity index (χ0n) is 10.1. The van der Waals surface area contributed by atoms with E-state index in [1.165, 1.54) is 0 Å². The van der Waals surface area contributed by atoms with Crippen LogP contribution in [0.5, 0.6) is 0 Å². The van der Waals surface area contributed by atoms with Crippen LogP contribution < -0.4 is 0 Å². The maximum absolute atomic E-state index is 11.8. The Labute approximate surface area is 91.5 Å². The quantitative estimate of drug-likeness (QED) is 0.674. The first-order valence-corrected chi connectivity index (χ1v) is 5.52. The summed E-state index contributed by atoms with van der Waals surface area (Å²) >= 11 is 0. The van der Waals surface area contributed by atoms with E-state index in [1.807, 2.05) is 27.7 Å². The van der Waals surface area contributed by atoms with Gasteiger partial charge in [0.2, 0.25) is 0 Å². The van der Waals surface area contributed by atoms with E-state index >= 15 is 0 Å². The third-order valence-corrected chi connectivity index (χ3v) is 1.97. The van der Waals surface area contributed by atoms with E-state index in [1.54, 1.807) is 4.90 Å². The van der Waals surface area contributed by atoms with Crippen molar-refractivity contribution in [3.8, 4) is 0 Å². The summed E-state index contributed by atoms with van der Waals surface area (Å²) in [4.78, 5) is 13.5. The van der Waals surface area contributed by atoms with Crippen molar-refractivity contribution >= 4 is 6.09 Å². The molecule has 1 aliphatic heterocycles. The Bertz CT molecular complexity index is 218. The second kappa shape index (κ2) is 4.84. The lowest BCUT2D eigenvalue weighted by Gasteiger charge is -2.26. The van der Waals surface area contributed by atoms with E-state index in [9.17, 15) is 4.79 Å². The van der Waals surface area contributed by atoms with Crippen molar-refractivity contribution in [2.45, 2.75) is 45.8 Å². The number of rotatable bonds is 4. The van der Waals surface area contributed by atoms with Crippen LogP contribution in [0, 0.1) is 0 Å². The van der Waals surface area contributed by atoms with E-state index in [0.29, 0.717) is 6.54 Å². The lowest BCUT2D eigenvalue weighted by atomic mass is 10.2. The van der Waals surface area contributed by atoms with Crippen molar-refractivity contribution in [2.75, 3.05) is 19.7 Å². The van der Waals surface area contributed by atoms with Gasteiger partial charge in [-0.1, -0.05) is 6.92 Å². The Kier molecular flexibility index (Phi) is 3.97. The molecule has 0 saturated carbocycles. The minimum Gasteiger partial charge on any atom is -0.444 e. The van der Waals surface area contributed by atoms with Crippen molar-refractivity contribution in [3.05, 3.63) is 0 Å². The van der Waals surface area contributed by atoms with E-state index in [0.717, 1.165) is 19.6 Å². The molecule has 1 atom stereocenters. The summed E-state index contributed by atoms with van der Waals surface area (Å²) in [5.41, 5.74) is -0.423. The Balaban J connectivity index is 2.42. The molecule has 88 valence electrons. The minimum atomic E-state index is -0.423. The molecule has 4 nitrogen and oxygen atoms in total. The zero-order chi connectivity index (χ0) is 11.5. The monoisotopic (exact) mass is 215 g/mol. The van der Waals surface area contributed by atoms with Gasteiger partial charge in [0.05, 0.1) is 19.3 Å². The lowest BCUT2D eigenvalue weighted by Crippen LogP contribution is -2.39. The van der Waals surface area contributed by atoms with Crippen LogP contribution in [0.15, 0.2) is 0 Å². The average Bonchev–Trinajstić information content (AvgIpc) is 2.84. The number of nitrogens with zero attached hydrogens (tertiary/aromatic N) is 1. The summed E-state index contributed by atoms with van der Waals surface area (Å²) in [6.07, 6.45) is 0.926. The molecule has 0 aliphatic carbocycles. The number of hydrogen-bond acceptors (Lipinski definition) is 3. The molecule has 0 aromatic rings. The molecule has 15 heavy (non-hydrogen) atoms. The molecule has 0 aromatic carbocycles. The first-order valence-electron chi connectivity index (χ1n) is 5.52. The number of hydrogen-bond donors (Lipinski definition) is 0. The Morgan fingerprint density at radius 3 is 2.53 bits per heavy atom. The number of epoxide rings is 1. The summed E-state index contributed by atoms with van der Waals surface area (Å²) in [5.74, 6) is 0. The predicted octanol–water partition coefficient (Wildman–Crippen LogP) is 2.03. The highest BCUT2D eigenvalue weighted by Crippen LogP contribution is 2.15. The van der Waals surface area contributed by atoms with Crippen LogP contribution in [0.3, 0.4) is 0 Å². The van der Waals surface area contributed by atoms with Crippen LogP contribution in [-0.2, 0) is 9.47 Å². The van der Waals surface area contributed by atoms with Crippen molar-refractivity contribution in [1.82, 2.24) is 4.90 Å². The minimum absolute atomic E-state index is 0.226. The van der Waals surface area contributed by atoms with Gasteiger partial charge in [0.1, 0.15) is 5.60 Å². The second-order valence-corrected chi connectivity index (χ2v) is 4.88. The zero-order valence-corrected chi connectivity index (χ0v) is 10.1. The smallest absolute Gasteiger partial charge is 0.410 e. The molecular weight excluding hydrogens is 194 g/mol. The summed E-state index contributed by atoms with van der Waals surface area (Å²) in [5, 5.41) is 0. The van der Waals surface area contributed by atoms with Gasteiger partial charge in [-0.3, -0.25) is 0 Å². The highest BCUT2D eigenvalue weighted by Gasteiger charge is 2.29. The van der Waals surface area contributed by atoms with E-state index in [-0.39, 0.29) is 12.2 Å². The predicted molar refractivity (Wildman–Crippen MR) is 57.8 cm³/mol. The molecule has 0 N–H and O–H groups in total. The molecule has 0 bridgehead atoms. The van der Waals surface area contributed by atoms with Gasteiger partial charge in [-0.05, 0) is 27.2 Å². The number of amides is 1. The van der Waals surface area contributed by atoms with Gasteiger partial charge in [-0.15, -0.1) is 0 Å². The van der Waals surface area contributed by atoms with Crippen molar-refractivity contribution in [2.24, 2.45) is 0 Å². The average molecular weight is 215 g/mol. The Hall–Kier alpha value is -0.770. The topological polar surface area (TPSA) is 42.1 Å². The van der Waals surface area contributed by atoms with Gasteiger partial charge in [-0.2, -0.15) is 0 Å². The van der Waals surface area contributed by atoms with Crippen LogP contribution >= 0.6 is 0 Å². The third-order valence-electron chi connectivity index (χ3n) is 1.97. The maximum atomic E-state index is 11.8. The largest absolute Gasteiger partial charge is 0.444 e. The molecule has 0 radical (unpaired) electrons. The molecule has 1 saturated heterocycles. The standard InChI is InChI=1S/C11H21NO3/c1-5-6-12(7-9-8-14-9)10(13)15-11(2,3)4/h9H,5-8H2,1-4H3. The van der Waals surface area contributed by atoms with Crippen LogP contribution in [0.25, 0.3) is 0 Å². The number of carbonyl (C=O) groups is 1. The fourth-order valence-electron chi connectivity index (χ4n) is 1.27. The fraction of sp³-hybridized carbons (Fsp3) is 0.909. The number of carbonyl (C=O) groups excluding carboxylic acids is 1. The molecule has 1 fully saturated rings. The normalized spacial score (nSPS) is 19.9. The second-order valence-electron chi connectivity index (χ2n) is 4.88. The summed E-state index contributed by atoms with van der Waals surface area (Å²) in [6, 6.07) is 0. The third kappa shape index (κ3) is 5.02. The van der Waals surface area contributed by atoms with Gasteiger partial charge in [0.25, 0.3) is 0 Å². The van der Waals surface area contributed by atoms with Gasteiger partial charge in [0, 0.05) is 6.54 Å². The Morgan fingerprint density at radius 2 is 2.13 bits per heavy atom. The molecule has 1 aliphatic rings. The van der Waals surface area contributed by atoms with E-state index < -0.39 is 5.60 Å². The summed E-state index contributed by atoms with van der Waals surface area (Å²) in [6.45, 7) is 9.83. The van der Waals surface area contributed by atoms with E-state index in [2.05, 4.69) is 0 Å². The maximum Gasteiger partial charge on any atom is 0.410 e. The summed E-state index contributed by atoms with van der Waals surface area (Å²) in [7, 11) is 0. The van der Waals surface area contributed by atoms with Crippen molar-refractivity contribution in [3.63, 3.8) is 0 Å². The highest BCUT2D eigenvalue weighted by atomic mass is 16.6. The van der Waals surface area contributed by atoms with Gasteiger partial charge >= 0.3 is 6.09 Å². The van der Waals surface area contributed by atoms with E-state index in [4.69, 9.17) is 9.47 Å². The van der Waals surface area contributed by atoms with Crippen LogP contribution in [0.1, 0.15) is 34.1 Å². The van der Waals surface area contributed by atoms with Crippen LogP contribution in [0.4, 0.5) is 4.79 Å². The van der Waals surface area contributed by atoms with Crippen molar-refractivity contribution < 1.29 is 14.3 Å². The first-order chi connectivity index (χ1) is 6.92. The first kappa shape index (κ1) is 12.3. The molecule has 1 amide bonds. The molecule has 1 heterocycles. The molecule has 4 heteroatoms. The SMILES string of the molecule is CCCN(CC1CO1)C(=O)OC(C)(C)C. The van der Waals surface area contributed by atoms with Crippen LogP contribution in [0.2, 0.25) is 0 Å². The molecule has 1 rings (SSSR count). The van der Waals surface area contributed by atoms with Crippen LogP contribution in [-0.4, -0.2) is 42.4 Å². The molecule has 0 spiro atoms. The van der Waals surface area contributed by atoms with Gasteiger partial charge in [-0.25, -0.2) is 4.79 Å². The molecular formula is C11H21NO3. The van der Waals surface area contributed by atoms with Crippen molar-refractivity contribution in [1.29, 1.82) is 0 Å². The summed E-state index contributed by atoms with van der Waals surface area (Å²) < 4.78 is 10.4. The molecule has 1 unspecified atom stereocenters. The fourth-order valence-corrected chi connectivity index (χ4v) is 1.27. The number of ether oxygens (including phenoxy) is 2. The molecule has 0 aromatic heterocycles.